The van der Waals surface area contributed by atoms with Crippen LogP contribution in [0.2, 0.25) is 0 Å². The van der Waals surface area contributed by atoms with E-state index in [1.807, 2.05) is 13.1 Å². The minimum atomic E-state index is 0.771. The van der Waals surface area contributed by atoms with Crippen molar-refractivity contribution in [3.05, 3.63) is 47.0 Å². The number of aromatic nitrogens is 5. The first-order chi connectivity index (χ1) is 11.7. The van der Waals surface area contributed by atoms with Gasteiger partial charge < -0.3 is 9.88 Å². The number of rotatable bonds is 4. The topological polar surface area (TPSA) is 62.6 Å². The predicted molar refractivity (Wildman–Crippen MR) is 99.0 cm³/mol. The molecule has 3 heterocycles. The van der Waals surface area contributed by atoms with Crippen molar-refractivity contribution in [1.82, 2.24) is 24.7 Å². The van der Waals surface area contributed by atoms with Gasteiger partial charge in [0.15, 0.2) is 5.65 Å². The van der Waals surface area contributed by atoms with Crippen molar-refractivity contribution in [3.63, 3.8) is 0 Å². The SMILES string of the molecule is CCN(Cc1c[nH]c2ccccc12)c1ncnc2c1c(Br)nn2C. The maximum Gasteiger partial charge on any atom is 0.164 e. The monoisotopic (exact) mass is 384 g/mol. The lowest BCUT2D eigenvalue weighted by Gasteiger charge is -2.22. The third-order valence-electron chi connectivity index (χ3n) is 4.28. The Kier molecular flexibility index (Phi) is 3.72. The molecule has 0 spiro atoms. The first-order valence-corrected chi connectivity index (χ1v) is 8.61. The highest BCUT2D eigenvalue weighted by Crippen LogP contribution is 2.31. The van der Waals surface area contributed by atoms with E-state index in [1.54, 1.807) is 11.0 Å². The van der Waals surface area contributed by atoms with E-state index in [0.717, 1.165) is 40.1 Å². The van der Waals surface area contributed by atoms with Crippen LogP contribution in [-0.2, 0) is 13.6 Å². The van der Waals surface area contributed by atoms with Gasteiger partial charge in [-0.25, -0.2) is 14.6 Å². The van der Waals surface area contributed by atoms with Crippen LogP contribution in [0, 0.1) is 0 Å². The first kappa shape index (κ1) is 15.1. The van der Waals surface area contributed by atoms with E-state index < -0.39 is 0 Å². The standard InChI is InChI=1S/C17H17BrN6/c1-3-24(9-11-8-19-13-7-5-4-6-12(11)13)17-14-15(18)22-23(2)16(14)20-10-21-17/h4-8,10,19H,3,9H2,1-2H3. The Bertz CT molecular complexity index is 1020. The molecule has 1 N–H and O–H groups in total. The Hall–Kier alpha value is -2.41. The minimum absolute atomic E-state index is 0.771. The summed E-state index contributed by atoms with van der Waals surface area (Å²) in [5.74, 6) is 0.896. The van der Waals surface area contributed by atoms with Gasteiger partial charge in [0.25, 0.3) is 0 Å². The van der Waals surface area contributed by atoms with Crippen molar-refractivity contribution in [2.75, 3.05) is 11.4 Å². The highest BCUT2D eigenvalue weighted by molar-refractivity contribution is 9.10. The molecule has 6 nitrogen and oxygen atoms in total. The summed E-state index contributed by atoms with van der Waals surface area (Å²) in [6, 6.07) is 8.34. The van der Waals surface area contributed by atoms with Crippen molar-refractivity contribution in [2.45, 2.75) is 13.5 Å². The van der Waals surface area contributed by atoms with Crippen molar-refractivity contribution < 1.29 is 0 Å². The summed E-state index contributed by atoms with van der Waals surface area (Å²) in [6.07, 6.45) is 3.67. The Morgan fingerprint density at radius 3 is 2.92 bits per heavy atom. The minimum Gasteiger partial charge on any atom is -0.361 e. The molecule has 24 heavy (non-hydrogen) atoms. The van der Waals surface area contributed by atoms with Crippen LogP contribution >= 0.6 is 15.9 Å². The molecule has 1 aromatic carbocycles. The average Bonchev–Trinajstić information content (AvgIpc) is 3.14. The lowest BCUT2D eigenvalue weighted by atomic mass is 10.1. The highest BCUT2D eigenvalue weighted by Gasteiger charge is 2.18. The molecule has 4 rings (SSSR count). The van der Waals surface area contributed by atoms with Crippen LogP contribution in [0.1, 0.15) is 12.5 Å². The molecule has 0 unspecified atom stereocenters. The van der Waals surface area contributed by atoms with Gasteiger partial charge in [0.05, 0.1) is 5.39 Å². The number of hydrogen-bond donors (Lipinski definition) is 1. The molecule has 3 aromatic heterocycles. The third kappa shape index (κ3) is 2.36. The fourth-order valence-corrected chi connectivity index (χ4v) is 3.66. The van der Waals surface area contributed by atoms with Crippen molar-refractivity contribution in [3.8, 4) is 0 Å². The molecule has 0 amide bonds. The normalized spacial score (nSPS) is 11.5. The Balaban J connectivity index is 1.79. The fourth-order valence-electron chi connectivity index (χ4n) is 3.07. The molecule has 122 valence electrons. The number of fused-ring (bicyclic) bond motifs is 2. The molecular weight excluding hydrogens is 368 g/mol. The summed E-state index contributed by atoms with van der Waals surface area (Å²) >= 11 is 3.54. The van der Waals surface area contributed by atoms with Crippen LogP contribution in [0.3, 0.4) is 0 Å². The lowest BCUT2D eigenvalue weighted by molar-refractivity contribution is 0.776. The molecule has 0 fully saturated rings. The van der Waals surface area contributed by atoms with E-state index in [9.17, 15) is 0 Å². The summed E-state index contributed by atoms with van der Waals surface area (Å²) in [4.78, 5) is 14.5. The molecule has 0 aliphatic rings. The molecule has 0 aliphatic heterocycles. The van der Waals surface area contributed by atoms with E-state index in [0.29, 0.717) is 0 Å². The van der Waals surface area contributed by atoms with Gasteiger partial charge in [-0.1, -0.05) is 18.2 Å². The quantitative estimate of drug-likeness (QED) is 0.583. The van der Waals surface area contributed by atoms with Crippen molar-refractivity contribution in [2.24, 2.45) is 7.05 Å². The second-order valence-electron chi connectivity index (χ2n) is 5.68. The Labute approximate surface area is 147 Å². The number of hydrogen-bond acceptors (Lipinski definition) is 4. The second-order valence-corrected chi connectivity index (χ2v) is 6.44. The molecule has 0 saturated heterocycles. The maximum atomic E-state index is 4.53. The molecule has 0 saturated carbocycles. The zero-order chi connectivity index (χ0) is 16.7. The number of halogens is 1. The summed E-state index contributed by atoms with van der Waals surface area (Å²) in [5.41, 5.74) is 3.22. The summed E-state index contributed by atoms with van der Waals surface area (Å²) in [6.45, 7) is 3.74. The van der Waals surface area contributed by atoms with Gasteiger partial charge >= 0.3 is 0 Å². The number of aromatic amines is 1. The van der Waals surface area contributed by atoms with Crippen LogP contribution in [0.25, 0.3) is 21.9 Å². The van der Waals surface area contributed by atoms with Gasteiger partial charge in [-0.05, 0) is 34.5 Å². The van der Waals surface area contributed by atoms with Gasteiger partial charge in [-0.3, -0.25) is 0 Å². The number of H-pyrrole nitrogens is 1. The average molecular weight is 385 g/mol. The number of para-hydroxylation sites is 1. The van der Waals surface area contributed by atoms with Gasteiger partial charge in [-0.2, -0.15) is 5.10 Å². The zero-order valence-corrected chi connectivity index (χ0v) is 15.1. The van der Waals surface area contributed by atoms with Crippen LogP contribution in [0.4, 0.5) is 5.82 Å². The number of nitrogens with zero attached hydrogens (tertiary/aromatic N) is 5. The van der Waals surface area contributed by atoms with Crippen LogP contribution in [-0.4, -0.2) is 31.3 Å². The molecule has 4 aromatic rings. The predicted octanol–water partition coefficient (Wildman–Crippen LogP) is 3.63. The van der Waals surface area contributed by atoms with E-state index in [-0.39, 0.29) is 0 Å². The molecule has 0 atom stereocenters. The second kappa shape index (κ2) is 5.90. The smallest absolute Gasteiger partial charge is 0.164 e. The van der Waals surface area contributed by atoms with E-state index >= 15 is 0 Å². The largest absolute Gasteiger partial charge is 0.361 e. The van der Waals surface area contributed by atoms with Gasteiger partial charge in [0, 0.05) is 37.2 Å². The van der Waals surface area contributed by atoms with Crippen LogP contribution in [0.15, 0.2) is 41.4 Å². The van der Waals surface area contributed by atoms with E-state index in [1.165, 1.54) is 10.9 Å². The molecule has 7 heteroatoms. The highest BCUT2D eigenvalue weighted by atomic mass is 79.9. The Morgan fingerprint density at radius 2 is 2.08 bits per heavy atom. The summed E-state index contributed by atoms with van der Waals surface area (Å²) in [5, 5.41) is 6.60. The molecular formula is C17H17BrN6. The van der Waals surface area contributed by atoms with Crippen molar-refractivity contribution >= 4 is 43.7 Å². The number of anilines is 1. The van der Waals surface area contributed by atoms with Crippen molar-refractivity contribution in [1.29, 1.82) is 0 Å². The Morgan fingerprint density at radius 1 is 1.25 bits per heavy atom. The molecule has 0 aliphatic carbocycles. The number of nitrogens with one attached hydrogen (secondary N) is 1. The summed E-state index contributed by atoms with van der Waals surface area (Å²) in [7, 11) is 1.89. The molecule has 0 radical (unpaired) electrons. The van der Waals surface area contributed by atoms with Gasteiger partial charge in [0.1, 0.15) is 16.7 Å². The third-order valence-corrected chi connectivity index (χ3v) is 4.83. The zero-order valence-electron chi connectivity index (χ0n) is 13.5. The van der Waals surface area contributed by atoms with Gasteiger partial charge in [-0.15, -0.1) is 0 Å². The summed E-state index contributed by atoms with van der Waals surface area (Å²) < 4.78 is 2.54. The first-order valence-electron chi connectivity index (χ1n) is 7.82. The van der Waals surface area contributed by atoms with Crippen LogP contribution < -0.4 is 4.90 Å². The van der Waals surface area contributed by atoms with Gasteiger partial charge in [0.2, 0.25) is 0 Å². The number of benzene rings is 1. The molecule has 0 bridgehead atoms. The van der Waals surface area contributed by atoms with Crippen LogP contribution in [0.5, 0.6) is 0 Å². The maximum absolute atomic E-state index is 4.53. The van der Waals surface area contributed by atoms with E-state index in [4.69, 9.17) is 0 Å². The number of aryl methyl sites for hydroxylation is 1. The fraction of sp³-hybridized carbons (Fsp3) is 0.235. The van der Waals surface area contributed by atoms with E-state index in [2.05, 4.69) is 72.2 Å². The lowest BCUT2D eigenvalue weighted by Crippen LogP contribution is -2.23.